The van der Waals surface area contributed by atoms with Crippen LogP contribution in [0.5, 0.6) is 11.5 Å². The second-order valence-corrected chi connectivity index (χ2v) is 10.2. The van der Waals surface area contributed by atoms with Crippen LogP contribution in [0.3, 0.4) is 0 Å². The molecule has 6 nitrogen and oxygen atoms in total. The number of rotatable bonds is 11. The molecule has 0 fully saturated rings. The van der Waals surface area contributed by atoms with Crippen molar-refractivity contribution in [2.45, 2.75) is 50.7 Å². The van der Waals surface area contributed by atoms with Crippen LogP contribution in [0.4, 0.5) is 30.7 Å². The Labute approximate surface area is 239 Å². The topological polar surface area (TPSA) is 78.5 Å². The first kappa shape index (κ1) is 31.0. The standard InChI is InChI=1S/C28H23F7N2O4S/c1-2-16-3-6-19(7-4-16)27(38,28(33,34)35)24-36-15-23(42-24)20(13-17-9-11-37(39)12-10-17)18-5-8-21(40-25(29)30)22(14-18)41-26(31)32/h3-12,14-15,20,25-26,38H,2,13H2,1H3. The van der Waals surface area contributed by atoms with Gasteiger partial charge < -0.3 is 19.8 Å². The Hall–Kier alpha value is -3.91. The third-order valence-corrected chi connectivity index (χ3v) is 7.70. The van der Waals surface area contributed by atoms with Gasteiger partial charge in [0.15, 0.2) is 23.9 Å². The van der Waals surface area contributed by atoms with Gasteiger partial charge in [-0.05, 0) is 47.2 Å². The Kier molecular flexibility index (Phi) is 9.26. The van der Waals surface area contributed by atoms with Crippen LogP contribution in [0, 0.1) is 5.21 Å². The first-order chi connectivity index (χ1) is 19.8. The number of benzene rings is 2. The molecule has 0 amide bonds. The first-order valence-electron chi connectivity index (χ1n) is 12.4. The molecular formula is C28H23F7N2O4S. The smallest absolute Gasteiger partial charge is 0.428 e. The second kappa shape index (κ2) is 12.5. The van der Waals surface area contributed by atoms with E-state index < -0.39 is 53.0 Å². The lowest BCUT2D eigenvalue weighted by Gasteiger charge is -2.29. The maximum absolute atomic E-state index is 14.4. The first-order valence-corrected chi connectivity index (χ1v) is 13.2. The SMILES string of the molecule is CCc1ccc(C(O)(c2ncc(C(Cc3cc[n+]([O-])cc3)c3ccc(OC(F)F)c(OC(F)F)c3)s2)C(F)(F)F)cc1. The summed E-state index contributed by atoms with van der Waals surface area (Å²) in [7, 11) is 0. The molecule has 14 heteroatoms. The lowest BCUT2D eigenvalue weighted by Crippen LogP contribution is -2.43. The number of hydrogen-bond donors (Lipinski definition) is 1. The van der Waals surface area contributed by atoms with E-state index in [1.807, 2.05) is 6.92 Å². The van der Waals surface area contributed by atoms with Crippen molar-refractivity contribution >= 4 is 11.3 Å². The summed E-state index contributed by atoms with van der Waals surface area (Å²) in [6, 6.07) is 11.4. The van der Waals surface area contributed by atoms with Crippen LogP contribution in [0.1, 0.15) is 45.0 Å². The fourth-order valence-corrected chi connectivity index (χ4v) is 5.50. The van der Waals surface area contributed by atoms with Crippen LogP contribution in [-0.4, -0.2) is 29.5 Å². The normalized spacial score (nSPS) is 14.2. The number of halogens is 7. The van der Waals surface area contributed by atoms with Gasteiger partial charge in [-0.1, -0.05) is 37.3 Å². The molecule has 0 bridgehead atoms. The number of aromatic nitrogens is 2. The van der Waals surface area contributed by atoms with E-state index in [9.17, 15) is 41.0 Å². The van der Waals surface area contributed by atoms with Crippen molar-refractivity contribution in [3.8, 4) is 11.5 Å². The summed E-state index contributed by atoms with van der Waals surface area (Å²) in [5, 5.41) is 21.9. The van der Waals surface area contributed by atoms with Crippen molar-refractivity contribution < 1.29 is 50.0 Å². The summed E-state index contributed by atoms with van der Waals surface area (Å²) >= 11 is 0.543. The van der Waals surface area contributed by atoms with Gasteiger partial charge in [-0.15, -0.1) is 11.3 Å². The average molecular weight is 617 g/mol. The average Bonchev–Trinajstić information content (AvgIpc) is 3.42. The molecule has 0 saturated heterocycles. The van der Waals surface area contributed by atoms with E-state index in [0.29, 0.717) is 28.1 Å². The van der Waals surface area contributed by atoms with Crippen molar-refractivity contribution in [1.29, 1.82) is 0 Å². The number of hydrogen-bond acceptors (Lipinski definition) is 6. The van der Waals surface area contributed by atoms with E-state index in [-0.39, 0.29) is 16.9 Å². The predicted molar refractivity (Wildman–Crippen MR) is 138 cm³/mol. The molecule has 2 heterocycles. The Morgan fingerprint density at radius 3 is 2.10 bits per heavy atom. The van der Waals surface area contributed by atoms with Gasteiger partial charge in [-0.2, -0.15) is 35.5 Å². The van der Waals surface area contributed by atoms with Crippen molar-refractivity contribution in [3.05, 3.63) is 111 Å². The van der Waals surface area contributed by atoms with E-state index in [1.165, 1.54) is 54.9 Å². The molecular weight excluding hydrogens is 593 g/mol. The zero-order valence-corrected chi connectivity index (χ0v) is 22.5. The van der Waals surface area contributed by atoms with Gasteiger partial charge in [-0.25, -0.2) is 4.98 Å². The minimum atomic E-state index is -5.17. The molecule has 4 rings (SSSR count). The van der Waals surface area contributed by atoms with Crippen LogP contribution < -0.4 is 14.2 Å². The Morgan fingerprint density at radius 1 is 0.905 bits per heavy atom. The molecule has 0 saturated carbocycles. The largest absolute Gasteiger partial charge is 0.619 e. The van der Waals surface area contributed by atoms with E-state index in [2.05, 4.69) is 14.5 Å². The highest BCUT2D eigenvalue weighted by Crippen LogP contribution is 2.47. The fourth-order valence-electron chi connectivity index (χ4n) is 4.33. The second-order valence-electron chi connectivity index (χ2n) is 9.11. The quantitative estimate of drug-likeness (QED) is 0.115. The summed E-state index contributed by atoms with van der Waals surface area (Å²) < 4.78 is 104. The van der Waals surface area contributed by atoms with Crippen molar-refractivity contribution in [3.63, 3.8) is 0 Å². The highest BCUT2D eigenvalue weighted by molar-refractivity contribution is 7.11. The summed E-state index contributed by atoms with van der Waals surface area (Å²) in [5.74, 6) is -2.28. The van der Waals surface area contributed by atoms with Gasteiger partial charge in [0, 0.05) is 29.1 Å². The predicted octanol–water partition coefficient (Wildman–Crippen LogP) is 6.71. The number of pyridine rings is 1. The minimum absolute atomic E-state index is 0.0291. The van der Waals surface area contributed by atoms with Crippen molar-refractivity contribution in [1.82, 2.24) is 4.98 Å². The molecule has 0 aliphatic rings. The van der Waals surface area contributed by atoms with Crippen LogP contribution in [0.15, 0.2) is 73.2 Å². The molecule has 1 N–H and O–H groups in total. The van der Waals surface area contributed by atoms with Crippen molar-refractivity contribution in [2.75, 3.05) is 0 Å². The molecule has 0 spiro atoms. The summed E-state index contributed by atoms with van der Waals surface area (Å²) in [4.78, 5) is 4.11. The maximum atomic E-state index is 14.4. The number of aliphatic hydroxyl groups is 1. The zero-order valence-electron chi connectivity index (χ0n) is 21.7. The lowest BCUT2D eigenvalue weighted by molar-refractivity contribution is -0.605. The molecule has 0 aliphatic carbocycles. The van der Waals surface area contributed by atoms with Gasteiger partial charge in [0.1, 0.15) is 5.01 Å². The Morgan fingerprint density at radius 2 is 1.52 bits per heavy atom. The molecule has 0 aliphatic heterocycles. The molecule has 4 aromatic rings. The van der Waals surface area contributed by atoms with E-state index in [1.54, 1.807) is 0 Å². The van der Waals surface area contributed by atoms with Crippen LogP contribution in [0.2, 0.25) is 0 Å². The Balaban J connectivity index is 1.83. The number of thiazole rings is 1. The van der Waals surface area contributed by atoms with Crippen LogP contribution >= 0.6 is 11.3 Å². The van der Waals surface area contributed by atoms with E-state index in [4.69, 9.17) is 0 Å². The summed E-state index contributed by atoms with van der Waals surface area (Å²) in [6.07, 6.45) is -1.07. The maximum Gasteiger partial charge on any atom is 0.428 e. The van der Waals surface area contributed by atoms with Gasteiger partial charge in [0.2, 0.25) is 5.60 Å². The number of alkyl halides is 7. The monoisotopic (exact) mass is 616 g/mol. The van der Waals surface area contributed by atoms with Crippen molar-refractivity contribution in [2.24, 2.45) is 0 Å². The lowest BCUT2D eigenvalue weighted by atomic mass is 9.91. The summed E-state index contributed by atoms with van der Waals surface area (Å²) in [6.45, 7) is -4.91. The number of aryl methyl sites for hydroxylation is 1. The third kappa shape index (κ3) is 6.76. The molecule has 2 aromatic heterocycles. The molecule has 0 radical (unpaired) electrons. The summed E-state index contributed by atoms with van der Waals surface area (Å²) in [5.41, 5.74) is -2.44. The Bertz CT molecular complexity index is 1480. The van der Waals surface area contributed by atoms with Crippen LogP contribution in [0.25, 0.3) is 0 Å². The van der Waals surface area contributed by atoms with Gasteiger partial charge in [0.05, 0.1) is 0 Å². The molecule has 2 atom stereocenters. The minimum Gasteiger partial charge on any atom is -0.619 e. The molecule has 2 unspecified atom stereocenters. The van der Waals surface area contributed by atoms with E-state index in [0.717, 1.165) is 23.9 Å². The van der Waals surface area contributed by atoms with Crippen LogP contribution in [-0.2, 0) is 18.4 Å². The molecule has 42 heavy (non-hydrogen) atoms. The van der Waals surface area contributed by atoms with Gasteiger partial charge in [0.25, 0.3) is 0 Å². The third-order valence-electron chi connectivity index (χ3n) is 6.48. The fraction of sp³-hybridized carbons (Fsp3) is 0.286. The number of ether oxygens (including phenoxy) is 2. The highest BCUT2D eigenvalue weighted by atomic mass is 32.1. The highest BCUT2D eigenvalue weighted by Gasteiger charge is 2.58. The molecule has 2 aromatic carbocycles. The zero-order chi connectivity index (χ0) is 30.7. The van der Waals surface area contributed by atoms with Gasteiger partial charge >= 0.3 is 19.4 Å². The van der Waals surface area contributed by atoms with E-state index >= 15 is 0 Å². The molecule has 224 valence electrons. The number of nitrogens with zero attached hydrogens (tertiary/aromatic N) is 2. The van der Waals surface area contributed by atoms with Gasteiger partial charge in [-0.3, -0.25) is 0 Å².